The minimum absolute atomic E-state index is 0.0819. The summed E-state index contributed by atoms with van der Waals surface area (Å²) in [6, 6.07) is 16.0. The Hall–Kier alpha value is -2.31. The van der Waals surface area contributed by atoms with Gasteiger partial charge >= 0.3 is 0 Å². The maximum atomic E-state index is 12.8. The molecule has 0 atom stereocenters. The highest BCUT2D eigenvalue weighted by atomic mass is 32.2. The van der Waals surface area contributed by atoms with Crippen molar-refractivity contribution < 1.29 is 17.9 Å². The van der Waals surface area contributed by atoms with Crippen LogP contribution in [0.2, 0.25) is 0 Å². The molecule has 1 amide bonds. The zero-order valence-electron chi connectivity index (χ0n) is 16.4. The molecule has 0 aliphatic carbocycles. The lowest BCUT2D eigenvalue weighted by molar-refractivity contribution is 0.0730. The number of sulfonamides is 1. The molecule has 1 aromatic heterocycles. The van der Waals surface area contributed by atoms with E-state index in [0.717, 1.165) is 10.1 Å². The summed E-state index contributed by atoms with van der Waals surface area (Å²) in [4.78, 5) is 12.7. The Morgan fingerprint density at radius 2 is 1.87 bits per heavy atom. The monoisotopic (exact) mass is 476 g/mol. The number of anilines is 1. The number of carbonyl (C=O) groups is 1. The molecule has 4 rings (SSSR count). The zero-order chi connectivity index (χ0) is 21.7. The van der Waals surface area contributed by atoms with Gasteiger partial charge in [0.2, 0.25) is 15.2 Å². The van der Waals surface area contributed by atoms with E-state index in [4.69, 9.17) is 4.74 Å². The molecular formula is C20H20N4O4S3. The van der Waals surface area contributed by atoms with Gasteiger partial charge in [0.1, 0.15) is 0 Å². The van der Waals surface area contributed by atoms with Gasteiger partial charge in [-0.2, -0.15) is 4.31 Å². The molecule has 1 fully saturated rings. The van der Waals surface area contributed by atoms with E-state index in [-0.39, 0.29) is 10.5 Å². The van der Waals surface area contributed by atoms with Crippen molar-refractivity contribution in [2.45, 2.75) is 15.0 Å². The minimum Gasteiger partial charge on any atom is -0.379 e. The molecule has 11 heteroatoms. The van der Waals surface area contributed by atoms with Gasteiger partial charge < -0.3 is 4.74 Å². The van der Waals surface area contributed by atoms with Gasteiger partial charge in [-0.05, 0) is 23.8 Å². The van der Waals surface area contributed by atoms with Crippen molar-refractivity contribution in [1.82, 2.24) is 14.5 Å². The number of thioether (sulfide) groups is 1. The van der Waals surface area contributed by atoms with E-state index in [9.17, 15) is 13.2 Å². The Balaban J connectivity index is 1.41. The number of nitrogens with one attached hydrogen (secondary N) is 1. The third kappa shape index (κ3) is 5.49. The summed E-state index contributed by atoms with van der Waals surface area (Å²) in [5, 5.41) is 11.2. The van der Waals surface area contributed by atoms with E-state index < -0.39 is 15.9 Å². The van der Waals surface area contributed by atoms with E-state index in [1.54, 1.807) is 12.1 Å². The molecular weight excluding hydrogens is 456 g/mol. The Kier molecular flexibility index (Phi) is 6.98. The summed E-state index contributed by atoms with van der Waals surface area (Å²) in [6.07, 6.45) is 0. The van der Waals surface area contributed by atoms with E-state index >= 15 is 0 Å². The molecule has 162 valence electrons. The van der Waals surface area contributed by atoms with Gasteiger partial charge in [0.25, 0.3) is 5.91 Å². The molecule has 2 heterocycles. The number of morpholine rings is 1. The van der Waals surface area contributed by atoms with Crippen molar-refractivity contribution in [3.05, 3.63) is 65.7 Å². The van der Waals surface area contributed by atoms with E-state index in [1.807, 2.05) is 30.3 Å². The van der Waals surface area contributed by atoms with Crippen LogP contribution in [0.1, 0.15) is 15.9 Å². The lowest BCUT2D eigenvalue weighted by Crippen LogP contribution is -2.40. The Morgan fingerprint density at radius 1 is 1.10 bits per heavy atom. The maximum absolute atomic E-state index is 12.8. The summed E-state index contributed by atoms with van der Waals surface area (Å²) >= 11 is 2.81. The molecule has 3 aromatic rings. The van der Waals surface area contributed by atoms with Crippen LogP contribution in [0, 0.1) is 0 Å². The number of benzene rings is 2. The van der Waals surface area contributed by atoms with Crippen molar-refractivity contribution in [3.63, 3.8) is 0 Å². The normalized spacial score (nSPS) is 15.0. The highest BCUT2D eigenvalue weighted by molar-refractivity contribution is 8.00. The number of amides is 1. The van der Waals surface area contributed by atoms with Crippen molar-refractivity contribution in [3.8, 4) is 0 Å². The first-order valence-electron chi connectivity index (χ1n) is 9.52. The fourth-order valence-electron chi connectivity index (χ4n) is 2.94. The van der Waals surface area contributed by atoms with Gasteiger partial charge in [-0.1, -0.05) is 59.5 Å². The summed E-state index contributed by atoms with van der Waals surface area (Å²) in [5.41, 5.74) is 1.41. The molecule has 1 aliphatic rings. The lowest BCUT2D eigenvalue weighted by atomic mass is 10.2. The second kappa shape index (κ2) is 9.88. The number of ether oxygens (including phenoxy) is 1. The first-order valence-corrected chi connectivity index (χ1v) is 12.8. The van der Waals surface area contributed by atoms with Gasteiger partial charge in [-0.25, -0.2) is 8.42 Å². The first kappa shape index (κ1) is 21.9. The SMILES string of the molecule is O=C(Nc1nnc(SCc2ccccc2)s1)c1cccc(S(=O)(=O)N2CCOCC2)c1. The lowest BCUT2D eigenvalue weighted by Gasteiger charge is -2.26. The van der Waals surface area contributed by atoms with Crippen molar-refractivity contribution in [2.24, 2.45) is 0 Å². The van der Waals surface area contributed by atoms with Crippen LogP contribution in [-0.2, 0) is 20.5 Å². The highest BCUT2D eigenvalue weighted by Crippen LogP contribution is 2.28. The van der Waals surface area contributed by atoms with Crippen LogP contribution in [0.5, 0.6) is 0 Å². The van der Waals surface area contributed by atoms with Gasteiger partial charge in [0, 0.05) is 24.4 Å². The quantitative estimate of drug-likeness (QED) is 0.413. The predicted molar refractivity (Wildman–Crippen MR) is 120 cm³/mol. The van der Waals surface area contributed by atoms with E-state index in [2.05, 4.69) is 15.5 Å². The Morgan fingerprint density at radius 3 is 2.65 bits per heavy atom. The second-order valence-electron chi connectivity index (χ2n) is 6.65. The van der Waals surface area contributed by atoms with Gasteiger partial charge in [-0.15, -0.1) is 10.2 Å². The van der Waals surface area contributed by atoms with Crippen LogP contribution in [0.25, 0.3) is 0 Å². The number of aromatic nitrogens is 2. The van der Waals surface area contributed by atoms with E-state index in [0.29, 0.717) is 31.4 Å². The Labute approximate surface area is 188 Å². The van der Waals surface area contributed by atoms with Gasteiger partial charge in [-0.3, -0.25) is 10.1 Å². The van der Waals surface area contributed by atoms with Crippen LogP contribution in [0.3, 0.4) is 0 Å². The number of hydrogen-bond donors (Lipinski definition) is 1. The van der Waals surface area contributed by atoms with Crippen molar-refractivity contribution in [2.75, 3.05) is 31.6 Å². The van der Waals surface area contributed by atoms with Crippen LogP contribution in [-0.4, -0.2) is 55.1 Å². The molecule has 1 aliphatic heterocycles. The fraction of sp³-hybridized carbons (Fsp3) is 0.250. The second-order valence-corrected chi connectivity index (χ2v) is 10.8. The molecule has 1 saturated heterocycles. The number of hydrogen-bond acceptors (Lipinski definition) is 8. The predicted octanol–water partition coefficient (Wildman–Crippen LogP) is 3.10. The number of nitrogens with zero attached hydrogens (tertiary/aromatic N) is 3. The van der Waals surface area contributed by atoms with Gasteiger partial charge in [0.15, 0.2) is 4.34 Å². The molecule has 2 aromatic carbocycles. The summed E-state index contributed by atoms with van der Waals surface area (Å²) < 4.78 is 33.0. The van der Waals surface area contributed by atoms with Crippen molar-refractivity contribution in [1.29, 1.82) is 0 Å². The molecule has 0 radical (unpaired) electrons. The standard InChI is InChI=1S/C20H20N4O4S3/c25-18(21-19-22-23-20(30-19)29-14-15-5-2-1-3-6-15)16-7-4-8-17(13-16)31(26,27)24-9-11-28-12-10-24/h1-8,13H,9-12,14H2,(H,21,22,25). The third-order valence-electron chi connectivity index (χ3n) is 4.54. The smallest absolute Gasteiger partial charge is 0.257 e. The molecule has 8 nitrogen and oxygen atoms in total. The van der Waals surface area contributed by atoms with Crippen LogP contribution in [0.15, 0.2) is 63.8 Å². The molecule has 0 bridgehead atoms. The molecule has 0 saturated carbocycles. The molecule has 0 unspecified atom stereocenters. The average molecular weight is 477 g/mol. The minimum atomic E-state index is -3.68. The first-order chi connectivity index (χ1) is 15.0. The summed E-state index contributed by atoms with van der Waals surface area (Å²) in [7, 11) is -3.68. The summed E-state index contributed by atoms with van der Waals surface area (Å²) in [6.45, 7) is 1.32. The third-order valence-corrected chi connectivity index (χ3v) is 8.47. The largest absolute Gasteiger partial charge is 0.379 e. The maximum Gasteiger partial charge on any atom is 0.257 e. The van der Waals surface area contributed by atoms with Gasteiger partial charge in [0.05, 0.1) is 18.1 Å². The van der Waals surface area contributed by atoms with Crippen LogP contribution < -0.4 is 5.32 Å². The number of rotatable bonds is 7. The van der Waals surface area contributed by atoms with Crippen LogP contribution in [0.4, 0.5) is 5.13 Å². The fourth-order valence-corrected chi connectivity index (χ4v) is 6.10. The number of carbonyl (C=O) groups excluding carboxylic acids is 1. The average Bonchev–Trinajstić information content (AvgIpc) is 3.26. The van der Waals surface area contributed by atoms with E-state index in [1.165, 1.54) is 45.1 Å². The van der Waals surface area contributed by atoms with Crippen molar-refractivity contribution >= 4 is 44.2 Å². The summed E-state index contributed by atoms with van der Waals surface area (Å²) in [5.74, 6) is 0.319. The van der Waals surface area contributed by atoms with Crippen LogP contribution >= 0.6 is 23.1 Å². The zero-order valence-corrected chi connectivity index (χ0v) is 18.9. The molecule has 31 heavy (non-hydrogen) atoms. The Bertz CT molecular complexity index is 1150. The topological polar surface area (TPSA) is 101 Å². The molecule has 1 N–H and O–H groups in total. The molecule has 0 spiro atoms. The highest BCUT2D eigenvalue weighted by Gasteiger charge is 2.27.